The lowest BCUT2D eigenvalue weighted by atomic mass is 10.1. The fourth-order valence-electron chi connectivity index (χ4n) is 1.75. The molecule has 6 N–H and O–H groups in total. The van der Waals surface area contributed by atoms with Gasteiger partial charge in [-0.1, -0.05) is 29.4 Å². The number of oxime groups is 1. The fraction of sp³-hybridized carbons (Fsp3) is 0.357. The number of hydrogen-bond donors (Lipinski definition) is 4. The van der Waals surface area contributed by atoms with Crippen LogP contribution in [-0.4, -0.2) is 29.4 Å². The molecule has 2 amide bonds. The Labute approximate surface area is 123 Å². The number of benzene rings is 1. The second-order valence-corrected chi connectivity index (χ2v) is 4.63. The molecule has 0 aliphatic rings. The molecule has 0 spiro atoms. The van der Waals surface area contributed by atoms with E-state index in [2.05, 4.69) is 10.5 Å². The van der Waals surface area contributed by atoms with Crippen LogP contribution in [0.2, 0.25) is 0 Å². The standard InChI is InChI=1S/C14H20N4O3/c15-12(19)3-1-2-8-17-13(20)9-10-4-6-11(7-5-10)14(16)18-21/h4-7,21H,1-3,8-9H2,(H2,15,19)(H2,16,18)(H,17,20). The van der Waals surface area contributed by atoms with E-state index in [-0.39, 0.29) is 24.1 Å². The largest absolute Gasteiger partial charge is 0.409 e. The Hall–Kier alpha value is -2.57. The summed E-state index contributed by atoms with van der Waals surface area (Å²) < 4.78 is 0. The van der Waals surface area contributed by atoms with Crippen molar-refractivity contribution in [3.63, 3.8) is 0 Å². The van der Waals surface area contributed by atoms with Gasteiger partial charge in [-0.3, -0.25) is 9.59 Å². The zero-order valence-electron chi connectivity index (χ0n) is 11.7. The number of amides is 2. The van der Waals surface area contributed by atoms with Gasteiger partial charge < -0.3 is 22.0 Å². The van der Waals surface area contributed by atoms with E-state index in [1.165, 1.54) is 0 Å². The molecule has 21 heavy (non-hydrogen) atoms. The highest BCUT2D eigenvalue weighted by Crippen LogP contribution is 2.05. The van der Waals surface area contributed by atoms with Crippen LogP contribution in [0.3, 0.4) is 0 Å². The van der Waals surface area contributed by atoms with Crippen LogP contribution in [0.25, 0.3) is 0 Å². The fourth-order valence-corrected chi connectivity index (χ4v) is 1.75. The zero-order valence-corrected chi connectivity index (χ0v) is 11.7. The summed E-state index contributed by atoms with van der Waals surface area (Å²) in [5, 5.41) is 14.2. The second kappa shape index (κ2) is 8.57. The Kier molecular flexibility index (Phi) is 6.73. The van der Waals surface area contributed by atoms with Crippen molar-refractivity contribution >= 4 is 17.6 Å². The SMILES string of the molecule is NC(=O)CCCCNC(=O)Cc1ccc(/C(N)=N/O)cc1. The number of primary amides is 1. The van der Waals surface area contributed by atoms with E-state index in [9.17, 15) is 9.59 Å². The third-order valence-corrected chi connectivity index (χ3v) is 2.89. The Balaban J connectivity index is 2.33. The summed E-state index contributed by atoms with van der Waals surface area (Å²) in [7, 11) is 0. The molecule has 0 heterocycles. The van der Waals surface area contributed by atoms with Gasteiger partial charge in [-0.2, -0.15) is 0 Å². The van der Waals surface area contributed by atoms with Gasteiger partial charge in [-0.15, -0.1) is 0 Å². The molecule has 114 valence electrons. The molecule has 0 fully saturated rings. The minimum absolute atomic E-state index is 0.0282. The predicted molar refractivity (Wildman–Crippen MR) is 78.7 cm³/mol. The summed E-state index contributed by atoms with van der Waals surface area (Å²) in [6, 6.07) is 6.87. The monoisotopic (exact) mass is 292 g/mol. The van der Waals surface area contributed by atoms with E-state index in [1.807, 2.05) is 0 Å². The van der Waals surface area contributed by atoms with Crippen molar-refractivity contribution in [3.8, 4) is 0 Å². The maximum Gasteiger partial charge on any atom is 0.224 e. The molecule has 0 saturated carbocycles. The molecule has 0 unspecified atom stereocenters. The smallest absolute Gasteiger partial charge is 0.224 e. The van der Waals surface area contributed by atoms with Crippen molar-refractivity contribution < 1.29 is 14.8 Å². The van der Waals surface area contributed by atoms with Gasteiger partial charge in [0.1, 0.15) is 0 Å². The lowest BCUT2D eigenvalue weighted by molar-refractivity contribution is -0.120. The first kappa shape index (κ1) is 16.5. The van der Waals surface area contributed by atoms with E-state index in [0.717, 1.165) is 12.0 Å². The quantitative estimate of drug-likeness (QED) is 0.178. The number of carbonyl (C=O) groups excluding carboxylic acids is 2. The van der Waals surface area contributed by atoms with Crippen LogP contribution in [0.5, 0.6) is 0 Å². The first-order valence-electron chi connectivity index (χ1n) is 6.64. The number of unbranched alkanes of at least 4 members (excludes halogenated alkanes) is 1. The Morgan fingerprint density at radius 1 is 1.14 bits per heavy atom. The summed E-state index contributed by atoms with van der Waals surface area (Å²) in [4.78, 5) is 22.2. The maximum atomic E-state index is 11.7. The summed E-state index contributed by atoms with van der Waals surface area (Å²) in [6.07, 6.45) is 1.98. The zero-order chi connectivity index (χ0) is 15.7. The summed E-state index contributed by atoms with van der Waals surface area (Å²) in [6.45, 7) is 0.522. The average Bonchev–Trinajstić information content (AvgIpc) is 2.46. The molecule has 0 aliphatic heterocycles. The van der Waals surface area contributed by atoms with Crippen LogP contribution in [0.15, 0.2) is 29.4 Å². The molecule has 0 aromatic heterocycles. The van der Waals surface area contributed by atoms with Crippen LogP contribution < -0.4 is 16.8 Å². The molecule has 0 saturated heterocycles. The van der Waals surface area contributed by atoms with Gasteiger partial charge in [-0.25, -0.2) is 0 Å². The van der Waals surface area contributed by atoms with E-state index in [4.69, 9.17) is 16.7 Å². The molecule has 7 heteroatoms. The van der Waals surface area contributed by atoms with Gasteiger partial charge in [0.2, 0.25) is 11.8 Å². The van der Waals surface area contributed by atoms with Crippen molar-refractivity contribution in [2.75, 3.05) is 6.54 Å². The highest BCUT2D eigenvalue weighted by atomic mass is 16.4. The van der Waals surface area contributed by atoms with Crippen molar-refractivity contribution in [1.82, 2.24) is 5.32 Å². The molecule has 7 nitrogen and oxygen atoms in total. The first-order valence-corrected chi connectivity index (χ1v) is 6.64. The lowest BCUT2D eigenvalue weighted by Crippen LogP contribution is -2.26. The Morgan fingerprint density at radius 3 is 2.38 bits per heavy atom. The summed E-state index contributed by atoms with van der Waals surface area (Å²) in [5.41, 5.74) is 11.9. The third-order valence-electron chi connectivity index (χ3n) is 2.89. The van der Waals surface area contributed by atoms with E-state index >= 15 is 0 Å². The predicted octanol–water partition coefficient (Wildman–Crippen LogP) is 0.0954. The maximum absolute atomic E-state index is 11.7. The summed E-state index contributed by atoms with van der Waals surface area (Å²) in [5.74, 6) is -0.391. The van der Waals surface area contributed by atoms with Crippen molar-refractivity contribution in [3.05, 3.63) is 35.4 Å². The number of carbonyl (C=O) groups is 2. The normalized spacial score (nSPS) is 11.1. The Bertz CT molecular complexity index is 511. The van der Waals surface area contributed by atoms with Gasteiger partial charge >= 0.3 is 0 Å². The van der Waals surface area contributed by atoms with Crippen LogP contribution in [-0.2, 0) is 16.0 Å². The van der Waals surface area contributed by atoms with Gasteiger partial charge in [0.05, 0.1) is 6.42 Å². The van der Waals surface area contributed by atoms with Gasteiger partial charge in [0, 0.05) is 18.5 Å². The molecule has 0 radical (unpaired) electrons. The number of nitrogens with one attached hydrogen (secondary N) is 1. The highest BCUT2D eigenvalue weighted by Gasteiger charge is 2.04. The van der Waals surface area contributed by atoms with Crippen molar-refractivity contribution in [1.29, 1.82) is 0 Å². The van der Waals surface area contributed by atoms with Crippen LogP contribution in [0.4, 0.5) is 0 Å². The number of nitrogens with two attached hydrogens (primary N) is 2. The molecule has 1 aromatic rings. The molecular formula is C14H20N4O3. The van der Waals surface area contributed by atoms with E-state index < -0.39 is 0 Å². The molecular weight excluding hydrogens is 272 g/mol. The number of nitrogens with zero attached hydrogens (tertiary/aromatic N) is 1. The minimum atomic E-state index is -0.327. The summed E-state index contributed by atoms with van der Waals surface area (Å²) >= 11 is 0. The lowest BCUT2D eigenvalue weighted by Gasteiger charge is -2.05. The van der Waals surface area contributed by atoms with Crippen molar-refractivity contribution in [2.45, 2.75) is 25.7 Å². The number of amidine groups is 1. The van der Waals surface area contributed by atoms with E-state index in [1.54, 1.807) is 24.3 Å². The Morgan fingerprint density at radius 2 is 1.81 bits per heavy atom. The topological polar surface area (TPSA) is 131 Å². The van der Waals surface area contributed by atoms with E-state index in [0.29, 0.717) is 24.9 Å². The molecule has 0 bridgehead atoms. The van der Waals surface area contributed by atoms with Crippen LogP contribution >= 0.6 is 0 Å². The van der Waals surface area contributed by atoms with Crippen molar-refractivity contribution in [2.24, 2.45) is 16.6 Å². The van der Waals surface area contributed by atoms with Crippen LogP contribution in [0.1, 0.15) is 30.4 Å². The van der Waals surface area contributed by atoms with Gasteiger partial charge in [0.25, 0.3) is 0 Å². The van der Waals surface area contributed by atoms with Gasteiger partial charge in [0.15, 0.2) is 5.84 Å². The number of hydrogen-bond acceptors (Lipinski definition) is 4. The minimum Gasteiger partial charge on any atom is -0.409 e. The van der Waals surface area contributed by atoms with Crippen LogP contribution in [0, 0.1) is 0 Å². The average molecular weight is 292 g/mol. The second-order valence-electron chi connectivity index (χ2n) is 4.63. The molecule has 0 aliphatic carbocycles. The molecule has 1 rings (SSSR count). The molecule has 0 atom stereocenters. The molecule has 1 aromatic carbocycles. The van der Waals surface area contributed by atoms with Gasteiger partial charge in [-0.05, 0) is 18.4 Å². The third kappa shape index (κ3) is 6.42. The first-order chi connectivity index (χ1) is 10.0. The highest BCUT2D eigenvalue weighted by molar-refractivity contribution is 5.97. The number of rotatable bonds is 8.